The van der Waals surface area contributed by atoms with Gasteiger partial charge in [-0.2, -0.15) is 0 Å². The Bertz CT molecular complexity index is 453. The second kappa shape index (κ2) is 5.58. The number of aryl methyl sites for hydroxylation is 1. The molecule has 18 heavy (non-hydrogen) atoms. The van der Waals surface area contributed by atoms with E-state index in [4.69, 9.17) is 9.94 Å². The maximum Gasteiger partial charge on any atom is 0.305 e. The van der Waals surface area contributed by atoms with Gasteiger partial charge in [0, 0.05) is 4.92 Å². The summed E-state index contributed by atoms with van der Waals surface area (Å²) in [6.45, 7) is 3.17. The third-order valence-electron chi connectivity index (χ3n) is 2.40. The Labute approximate surface area is 104 Å². The lowest BCUT2D eigenvalue weighted by molar-refractivity contribution is -0.672. The highest BCUT2D eigenvalue weighted by Gasteiger charge is 2.27. The molecular weight excluding hydrogens is 240 g/mol. The molecule has 0 aliphatic rings. The van der Waals surface area contributed by atoms with Gasteiger partial charge in [-0.05, 0) is 13.8 Å². The first kappa shape index (κ1) is 14.1. The number of nitrogens with zero attached hydrogens (tertiary/aromatic N) is 4. The van der Waals surface area contributed by atoms with Crippen LogP contribution in [-0.2, 0) is 18.5 Å². The largest absolute Gasteiger partial charge is 0.411 e. The maximum absolute atomic E-state index is 10.5. The molecule has 1 rings (SSSR count). The highest BCUT2D eigenvalue weighted by Crippen LogP contribution is 2.10. The van der Waals surface area contributed by atoms with Crippen molar-refractivity contribution in [3.8, 4) is 0 Å². The van der Waals surface area contributed by atoms with Crippen LogP contribution in [-0.4, -0.2) is 33.1 Å². The van der Waals surface area contributed by atoms with E-state index in [0.717, 1.165) is 0 Å². The third-order valence-corrected chi connectivity index (χ3v) is 2.40. The third kappa shape index (κ3) is 3.81. The van der Waals surface area contributed by atoms with Gasteiger partial charge in [0.05, 0.1) is 7.05 Å². The van der Waals surface area contributed by atoms with Gasteiger partial charge in [0.25, 0.3) is 0 Å². The molecule has 1 aromatic heterocycles. The molecule has 0 fully saturated rings. The number of aromatic nitrogens is 2. The maximum atomic E-state index is 10.5. The molecule has 0 saturated carbocycles. The van der Waals surface area contributed by atoms with Crippen LogP contribution in [0.5, 0.6) is 0 Å². The molecule has 1 aromatic rings. The quantitative estimate of drug-likeness (QED) is 0.258. The molecule has 0 spiro atoms. The Morgan fingerprint density at radius 1 is 1.72 bits per heavy atom. The summed E-state index contributed by atoms with van der Waals surface area (Å²) >= 11 is 0. The molecule has 100 valence electrons. The van der Waals surface area contributed by atoms with Crippen LogP contribution in [0.2, 0.25) is 0 Å². The average molecular weight is 257 g/mol. The monoisotopic (exact) mass is 257 g/mol. The fraction of sp³-hybridized carbons (Fsp3) is 0.600. The van der Waals surface area contributed by atoms with Crippen molar-refractivity contribution in [3.63, 3.8) is 0 Å². The van der Waals surface area contributed by atoms with E-state index in [1.807, 2.05) is 0 Å². The summed E-state index contributed by atoms with van der Waals surface area (Å²) in [5.41, 5.74) is -0.861. The summed E-state index contributed by atoms with van der Waals surface area (Å²) < 4.78 is 8.91. The summed E-state index contributed by atoms with van der Waals surface area (Å²) in [5, 5.41) is 22.0. The van der Waals surface area contributed by atoms with Crippen molar-refractivity contribution >= 4 is 6.21 Å². The molecule has 0 aliphatic heterocycles. The number of hydrogen-bond donors (Lipinski definition) is 1. The van der Waals surface area contributed by atoms with Crippen LogP contribution >= 0.6 is 0 Å². The van der Waals surface area contributed by atoms with Crippen LogP contribution in [0.1, 0.15) is 19.7 Å². The Hall–Kier alpha value is -1.96. The second-order valence-electron chi connectivity index (χ2n) is 4.51. The highest BCUT2D eigenvalue weighted by molar-refractivity contribution is 5.72. The van der Waals surface area contributed by atoms with Gasteiger partial charge < -0.3 is 9.94 Å². The van der Waals surface area contributed by atoms with Crippen molar-refractivity contribution in [1.29, 1.82) is 0 Å². The molecule has 0 saturated heterocycles. The standard InChI is InChI=1S/C10H16N4O4/c1-10(2,7-14(16)17)18-8-13-5-4-12(3)9(13)6-11-15/h4-6H,7-8H2,1-3H3/p+1. The van der Waals surface area contributed by atoms with Gasteiger partial charge in [-0.3, -0.25) is 10.1 Å². The Kier molecular flexibility index (Phi) is 4.38. The molecule has 0 aliphatic carbocycles. The van der Waals surface area contributed by atoms with Gasteiger partial charge in [0.15, 0.2) is 12.9 Å². The molecule has 0 aromatic carbocycles. The van der Waals surface area contributed by atoms with Gasteiger partial charge >= 0.3 is 5.82 Å². The van der Waals surface area contributed by atoms with Crippen molar-refractivity contribution in [3.05, 3.63) is 28.3 Å². The molecular formula is C10H17N4O4+. The molecule has 0 atom stereocenters. The van der Waals surface area contributed by atoms with Crippen LogP contribution in [0, 0.1) is 10.1 Å². The molecule has 0 amide bonds. The fourth-order valence-corrected chi connectivity index (χ4v) is 1.46. The van der Waals surface area contributed by atoms with E-state index in [2.05, 4.69) is 5.16 Å². The molecule has 1 heterocycles. The van der Waals surface area contributed by atoms with Gasteiger partial charge in [0.1, 0.15) is 18.0 Å². The summed E-state index contributed by atoms with van der Waals surface area (Å²) in [4.78, 5) is 10.0. The first-order valence-electron chi connectivity index (χ1n) is 5.33. The summed E-state index contributed by atoms with van der Waals surface area (Å²) in [7, 11) is 1.79. The Morgan fingerprint density at radius 3 is 2.94 bits per heavy atom. The normalized spacial score (nSPS) is 12.2. The molecule has 0 radical (unpaired) electrons. The first-order chi connectivity index (χ1) is 8.35. The number of rotatable bonds is 6. The van der Waals surface area contributed by atoms with Crippen LogP contribution in [0.4, 0.5) is 0 Å². The smallest absolute Gasteiger partial charge is 0.305 e. The Morgan fingerprint density at radius 2 is 2.39 bits per heavy atom. The van der Waals surface area contributed by atoms with E-state index < -0.39 is 10.5 Å². The lowest BCUT2D eigenvalue weighted by Gasteiger charge is -2.19. The number of imidazole rings is 1. The van der Waals surface area contributed by atoms with Crippen LogP contribution < -0.4 is 4.57 Å². The number of ether oxygens (including phenoxy) is 1. The van der Waals surface area contributed by atoms with Gasteiger partial charge in [-0.1, -0.05) is 5.16 Å². The molecule has 8 nitrogen and oxygen atoms in total. The Balaban J connectivity index is 2.71. The van der Waals surface area contributed by atoms with Gasteiger partial charge in [-0.25, -0.2) is 9.13 Å². The van der Waals surface area contributed by atoms with E-state index in [1.54, 1.807) is 42.4 Å². The molecule has 8 heteroatoms. The van der Waals surface area contributed by atoms with Gasteiger partial charge in [0.2, 0.25) is 6.54 Å². The van der Waals surface area contributed by atoms with E-state index >= 15 is 0 Å². The lowest BCUT2D eigenvalue weighted by Crippen LogP contribution is -2.36. The zero-order valence-corrected chi connectivity index (χ0v) is 10.6. The van der Waals surface area contributed by atoms with Crippen molar-refractivity contribution in [2.24, 2.45) is 12.2 Å². The van der Waals surface area contributed by atoms with Gasteiger partial charge in [-0.15, -0.1) is 0 Å². The fourth-order valence-electron chi connectivity index (χ4n) is 1.46. The zero-order valence-electron chi connectivity index (χ0n) is 10.6. The minimum absolute atomic E-state index is 0.142. The van der Waals surface area contributed by atoms with E-state index in [0.29, 0.717) is 5.82 Å². The van der Waals surface area contributed by atoms with Crippen molar-refractivity contribution < 1.29 is 19.4 Å². The SMILES string of the molecule is C[n+]1ccn(COC(C)(C)C[N+](=O)[O-])c1/C=N/O. The van der Waals surface area contributed by atoms with Crippen LogP contribution in [0.3, 0.4) is 0 Å². The molecule has 0 bridgehead atoms. The highest BCUT2D eigenvalue weighted by atomic mass is 16.6. The number of hydrogen-bond acceptors (Lipinski definition) is 5. The van der Waals surface area contributed by atoms with Crippen LogP contribution in [0.25, 0.3) is 0 Å². The van der Waals surface area contributed by atoms with Crippen LogP contribution in [0.15, 0.2) is 17.5 Å². The predicted molar refractivity (Wildman–Crippen MR) is 62.0 cm³/mol. The minimum Gasteiger partial charge on any atom is -0.411 e. The van der Waals surface area contributed by atoms with E-state index in [-0.39, 0.29) is 13.3 Å². The number of oxime groups is 1. The van der Waals surface area contributed by atoms with Crippen molar-refractivity contribution in [2.45, 2.75) is 26.2 Å². The molecule has 0 unspecified atom stereocenters. The summed E-state index contributed by atoms with van der Waals surface area (Å²) in [5.74, 6) is 0.620. The summed E-state index contributed by atoms with van der Waals surface area (Å²) in [6.07, 6.45) is 4.77. The average Bonchev–Trinajstić information content (AvgIpc) is 2.57. The van der Waals surface area contributed by atoms with E-state index in [1.165, 1.54) is 6.21 Å². The summed E-state index contributed by atoms with van der Waals surface area (Å²) in [6, 6.07) is 0. The van der Waals surface area contributed by atoms with Crippen molar-refractivity contribution in [1.82, 2.24) is 4.57 Å². The number of nitro groups is 1. The first-order valence-corrected chi connectivity index (χ1v) is 5.33. The predicted octanol–water partition coefficient (Wildman–Crippen LogP) is 0.150. The van der Waals surface area contributed by atoms with Crippen molar-refractivity contribution in [2.75, 3.05) is 6.54 Å². The second-order valence-corrected chi connectivity index (χ2v) is 4.51. The minimum atomic E-state index is -0.861. The lowest BCUT2D eigenvalue weighted by atomic mass is 10.1. The topological polar surface area (TPSA) is 93.8 Å². The zero-order chi connectivity index (χ0) is 13.8. The molecule has 1 N–H and O–H groups in total. The van der Waals surface area contributed by atoms with E-state index in [9.17, 15) is 10.1 Å².